The van der Waals surface area contributed by atoms with Crippen LogP contribution in [0.4, 0.5) is 0 Å². The van der Waals surface area contributed by atoms with E-state index < -0.39 is 0 Å². The third-order valence-corrected chi connectivity index (χ3v) is 6.34. The highest BCUT2D eigenvalue weighted by Gasteiger charge is 2.54. The quantitative estimate of drug-likeness (QED) is 0.813. The maximum Gasteiger partial charge on any atom is 0.253 e. The van der Waals surface area contributed by atoms with Crippen molar-refractivity contribution in [3.8, 4) is 11.1 Å². The lowest BCUT2D eigenvalue weighted by atomic mass is 9.73. The minimum absolute atomic E-state index is 0.0215. The van der Waals surface area contributed by atoms with Crippen molar-refractivity contribution in [2.24, 2.45) is 0 Å². The normalized spacial score (nSPS) is 22.6. The molecule has 0 bridgehead atoms. The molecule has 7 heteroatoms. The van der Waals surface area contributed by atoms with Gasteiger partial charge in [-0.3, -0.25) is 14.4 Å². The minimum Gasteiger partial charge on any atom is -0.394 e. The van der Waals surface area contributed by atoms with E-state index in [1.165, 1.54) is 6.92 Å². The van der Waals surface area contributed by atoms with Crippen LogP contribution in [-0.4, -0.2) is 83.4 Å². The number of fused-ring (bicyclic) bond motifs is 1. The van der Waals surface area contributed by atoms with Crippen LogP contribution in [0.1, 0.15) is 28.8 Å². The Bertz CT molecular complexity index is 1020. The molecule has 2 aromatic rings. The van der Waals surface area contributed by atoms with Gasteiger partial charge in [-0.25, -0.2) is 0 Å². The Morgan fingerprint density at radius 1 is 1.10 bits per heavy atom. The molecule has 1 N–H and O–H groups in total. The Labute approximate surface area is 181 Å². The largest absolute Gasteiger partial charge is 0.394 e. The standard InChI is InChI=1S/C24H27N3O4/c1-15(29)26-12-20-23(21(14-28)27(20)22(30)13-26)17-9-7-16(8-10-17)18-5-4-6-19(11-18)24(31)25(2)3/h4-11,20-21,23,28H,12-14H2,1-3H3/t20-,21+,23+/m0/s1. The highest BCUT2D eigenvalue weighted by atomic mass is 16.3. The second-order valence-corrected chi connectivity index (χ2v) is 8.45. The van der Waals surface area contributed by atoms with Crippen molar-refractivity contribution in [2.75, 3.05) is 33.8 Å². The number of rotatable bonds is 4. The summed E-state index contributed by atoms with van der Waals surface area (Å²) in [6.07, 6.45) is 0. The van der Waals surface area contributed by atoms with Gasteiger partial charge >= 0.3 is 0 Å². The minimum atomic E-state index is -0.265. The lowest BCUT2D eigenvalue weighted by Crippen LogP contribution is -2.73. The van der Waals surface area contributed by atoms with Crippen LogP contribution in [0.2, 0.25) is 0 Å². The zero-order chi connectivity index (χ0) is 22.3. The number of benzene rings is 2. The number of aliphatic hydroxyl groups is 1. The van der Waals surface area contributed by atoms with Gasteiger partial charge in [0, 0.05) is 39.0 Å². The molecule has 3 atom stereocenters. The average molecular weight is 421 g/mol. The first-order valence-corrected chi connectivity index (χ1v) is 10.4. The van der Waals surface area contributed by atoms with E-state index in [2.05, 4.69) is 0 Å². The number of carbonyl (C=O) groups is 3. The first kappa shape index (κ1) is 21.1. The van der Waals surface area contributed by atoms with Crippen molar-refractivity contribution in [1.29, 1.82) is 0 Å². The van der Waals surface area contributed by atoms with E-state index >= 15 is 0 Å². The second kappa shape index (κ2) is 8.15. The molecule has 162 valence electrons. The van der Waals surface area contributed by atoms with E-state index in [1.807, 2.05) is 42.5 Å². The molecule has 2 aliphatic heterocycles. The maximum atomic E-state index is 12.5. The van der Waals surface area contributed by atoms with E-state index in [0.29, 0.717) is 12.1 Å². The lowest BCUT2D eigenvalue weighted by molar-refractivity contribution is -0.166. The summed E-state index contributed by atoms with van der Waals surface area (Å²) in [6.45, 7) is 1.93. The van der Waals surface area contributed by atoms with E-state index in [9.17, 15) is 19.5 Å². The van der Waals surface area contributed by atoms with Crippen LogP contribution in [0.25, 0.3) is 11.1 Å². The zero-order valence-electron chi connectivity index (χ0n) is 18.0. The van der Waals surface area contributed by atoms with Gasteiger partial charge in [0.1, 0.15) is 0 Å². The van der Waals surface area contributed by atoms with Crippen molar-refractivity contribution >= 4 is 17.7 Å². The number of amides is 3. The molecule has 7 nitrogen and oxygen atoms in total. The van der Waals surface area contributed by atoms with Gasteiger partial charge in [0.2, 0.25) is 11.8 Å². The summed E-state index contributed by atoms with van der Waals surface area (Å²) in [5.74, 6) is -0.287. The molecule has 0 aliphatic carbocycles. The van der Waals surface area contributed by atoms with Crippen LogP contribution in [-0.2, 0) is 9.59 Å². The first-order chi connectivity index (χ1) is 14.8. The summed E-state index contributed by atoms with van der Waals surface area (Å²) in [4.78, 5) is 41.4. The summed E-state index contributed by atoms with van der Waals surface area (Å²) >= 11 is 0. The summed E-state index contributed by atoms with van der Waals surface area (Å²) in [7, 11) is 3.46. The van der Waals surface area contributed by atoms with Gasteiger partial charge < -0.3 is 19.8 Å². The molecule has 2 heterocycles. The van der Waals surface area contributed by atoms with Gasteiger partial charge in [-0.1, -0.05) is 36.4 Å². The molecule has 2 fully saturated rings. The summed E-state index contributed by atoms with van der Waals surface area (Å²) in [5, 5.41) is 9.90. The Balaban J connectivity index is 1.58. The number of carbonyl (C=O) groups excluding carboxylic acids is 3. The molecule has 31 heavy (non-hydrogen) atoms. The predicted octanol–water partition coefficient (Wildman–Crippen LogP) is 1.57. The van der Waals surface area contributed by atoms with Crippen LogP contribution in [0.5, 0.6) is 0 Å². The number of piperazine rings is 1. The SMILES string of the molecule is CC(=O)N1CC(=O)N2[C@H](CO)[C@H](c3ccc(-c4cccc(C(=O)N(C)C)c4)cc3)[C@@H]2C1. The Morgan fingerprint density at radius 2 is 1.81 bits per heavy atom. The topological polar surface area (TPSA) is 81.2 Å². The molecule has 3 amide bonds. The Hall–Kier alpha value is -3.19. The van der Waals surface area contributed by atoms with Crippen molar-refractivity contribution in [2.45, 2.75) is 24.9 Å². The van der Waals surface area contributed by atoms with Crippen LogP contribution >= 0.6 is 0 Å². The highest BCUT2D eigenvalue weighted by molar-refractivity contribution is 5.95. The monoisotopic (exact) mass is 421 g/mol. The van der Waals surface area contributed by atoms with Gasteiger partial charge in [0.05, 0.1) is 25.2 Å². The van der Waals surface area contributed by atoms with Crippen LogP contribution in [0.3, 0.4) is 0 Å². The first-order valence-electron chi connectivity index (χ1n) is 10.4. The molecule has 4 rings (SSSR count). The third-order valence-electron chi connectivity index (χ3n) is 6.34. The van der Waals surface area contributed by atoms with Gasteiger partial charge in [0.15, 0.2) is 0 Å². The molecule has 0 radical (unpaired) electrons. The number of aliphatic hydroxyl groups excluding tert-OH is 1. The van der Waals surface area contributed by atoms with E-state index in [4.69, 9.17) is 0 Å². The van der Waals surface area contributed by atoms with Crippen LogP contribution < -0.4 is 0 Å². The fourth-order valence-electron chi connectivity index (χ4n) is 4.73. The number of hydrogen-bond donors (Lipinski definition) is 1. The van der Waals surface area contributed by atoms with Crippen molar-refractivity contribution < 1.29 is 19.5 Å². The lowest BCUT2D eigenvalue weighted by Gasteiger charge is -2.58. The van der Waals surface area contributed by atoms with Gasteiger partial charge in [-0.2, -0.15) is 0 Å². The fraction of sp³-hybridized carbons (Fsp3) is 0.375. The molecule has 0 aromatic heterocycles. The van der Waals surface area contributed by atoms with Gasteiger partial charge in [0.25, 0.3) is 5.91 Å². The number of nitrogens with zero attached hydrogens (tertiary/aromatic N) is 3. The molecular weight excluding hydrogens is 394 g/mol. The molecule has 0 spiro atoms. The van der Waals surface area contributed by atoms with Crippen molar-refractivity contribution in [3.63, 3.8) is 0 Å². The molecule has 2 aliphatic rings. The number of hydrogen-bond acceptors (Lipinski definition) is 4. The Kier molecular flexibility index (Phi) is 5.54. The van der Waals surface area contributed by atoms with E-state index in [-0.39, 0.29) is 48.9 Å². The van der Waals surface area contributed by atoms with E-state index in [0.717, 1.165) is 16.7 Å². The maximum absolute atomic E-state index is 12.5. The highest BCUT2D eigenvalue weighted by Crippen LogP contribution is 2.43. The third kappa shape index (κ3) is 3.70. The van der Waals surface area contributed by atoms with Gasteiger partial charge in [-0.05, 0) is 28.8 Å². The summed E-state index contributed by atoms with van der Waals surface area (Å²) < 4.78 is 0. The van der Waals surface area contributed by atoms with Crippen molar-refractivity contribution in [1.82, 2.24) is 14.7 Å². The molecule has 0 unspecified atom stereocenters. The summed E-state index contributed by atoms with van der Waals surface area (Å²) in [6, 6.07) is 15.2. The molecule has 2 saturated heterocycles. The van der Waals surface area contributed by atoms with E-state index in [1.54, 1.807) is 34.9 Å². The second-order valence-electron chi connectivity index (χ2n) is 8.45. The van der Waals surface area contributed by atoms with Crippen molar-refractivity contribution in [3.05, 3.63) is 59.7 Å². The Morgan fingerprint density at radius 3 is 2.42 bits per heavy atom. The van der Waals surface area contributed by atoms with Crippen LogP contribution in [0.15, 0.2) is 48.5 Å². The zero-order valence-corrected chi connectivity index (χ0v) is 18.0. The van der Waals surface area contributed by atoms with Crippen LogP contribution in [0, 0.1) is 0 Å². The molecule has 2 aromatic carbocycles. The predicted molar refractivity (Wildman–Crippen MR) is 116 cm³/mol. The average Bonchev–Trinajstić information content (AvgIpc) is 2.74. The molecule has 0 saturated carbocycles. The summed E-state index contributed by atoms with van der Waals surface area (Å²) in [5.41, 5.74) is 3.59. The van der Waals surface area contributed by atoms with Gasteiger partial charge in [-0.15, -0.1) is 0 Å². The fourth-order valence-corrected chi connectivity index (χ4v) is 4.73. The molecular formula is C24H27N3O4. The smallest absolute Gasteiger partial charge is 0.253 e.